The van der Waals surface area contributed by atoms with Gasteiger partial charge in [0.1, 0.15) is 0 Å². The van der Waals surface area contributed by atoms with Crippen LogP contribution in [0.2, 0.25) is 0 Å². The number of hydrogen-bond acceptors (Lipinski definition) is 4. The van der Waals surface area contributed by atoms with Gasteiger partial charge in [0, 0.05) is 29.1 Å². The lowest BCUT2D eigenvalue weighted by Gasteiger charge is -2.18. The van der Waals surface area contributed by atoms with Crippen molar-refractivity contribution < 1.29 is 4.92 Å². The van der Waals surface area contributed by atoms with E-state index < -0.39 is 0 Å². The Morgan fingerprint density at radius 2 is 1.87 bits per heavy atom. The standard InChI is InChI=1S/C24H29N3O2S/c1-16(2)9-12-19(5)26-23(20-7-6-8-21(14-20)27(28)29)15-30-24(26)25-22-13-17(3)10-11-18(22)4/h6-8,10-11,13-16,19H,9,12H2,1-5H3. The molecule has 0 spiro atoms. The van der Waals surface area contributed by atoms with Gasteiger partial charge in [-0.15, -0.1) is 11.3 Å². The van der Waals surface area contributed by atoms with Crippen LogP contribution in [0.5, 0.6) is 0 Å². The van der Waals surface area contributed by atoms with E-state index in [0.29, 0.717) is 5.92 Å². The van der Waals surface area contributed by atoms with Crippen LogP contribution in [0.4, 0.5) is 11.4 Å². The predicted molar refractivity (Wildman–Crippen MR) is 124 cm³/mol. The summed E-state index contributed by atoms with van der Waals surface area (Å²) in [7, 11) is 0. The Kier molecular flexibility index (Phi) is 6.87. The Hall–Kier alpha value is -2.73. The molecule has 1 heterocycles. The van der Waals surface area contributed by atoms with Crippen molar-refractivity contribution in [3.8, 4) is 11.3 Å². The highest BCUT2D eigenvalue weighted by molar-refractivity contribution is 7.07. The minimum atomic E-state index is -0.343. The second kappa shape index (κ2) is 9.39. The zero-order valence-electron chi connectivity index (χ0n) is 18.3. The van der Waals surface area contributed by atoms with Crippen molar-refractivity contribution in [2.24, 2.45) is 10.9 Å². The number of thiazole rings is 1. The van der Waals surface area contributed by atoms with Gasteiger partial charge in [-0.1, -0.05) is 38.1 Å². The smallest absolute Gasteiger partial charge is 0.270 e. The first-order chi connectivity index (χ1) is 14.3. The lowest BCUT2D eigenvalue weighted by molar-refractivity contribution is -0.384. The quantitative estimate of drug-likeness (QED) is 0.304. The molecule has 0 radical (unpaired) electrons. The van der Waals surface area contributed by atoms with Gasteiger partial charge in [0.25, 0.3) is 5.69 Å². The van der Waals surface area contributed by atoms with Crippen LogP contribution < -0.4 is 4.80 Å². The predicted octanol–water partition coefficient (Wildman–Crippen LogP) is 6.97. The molecule has 0 N–H and O–H groups in total. The molecule has 0 aliphatic heterocycles. The molecule has 0 aliphatic rings. The molecule has 158 valence electrons. The van der Waals surface area contributed by atoms with Crippen molar-refractivity contribution in [1.29, 1.82) is 0 Å². The van der Waals surface area contributed by atoms with Gasteiger partial charge >= 0.3 is 0 Å². The van der Waals surface area contributed by atoms with Gasteiger partial charge in [0.05, 0.1) is 16.3 Å². The molecule has 0 saturated heterocycles. The highest BCUT2D eigenvalue weighted by atomic mass is 32.1. The minimum absolute atomic E-state index is 0.105. The molecule has 0 fully saturated rings. The third-order valence-electron chi connectivity index (χ3n) is 5.28. The lowest BCUT2D eigenvalue weighted by atomic mass is 10.0. The number of aryl methyl sites for hydroxylation is 2. The number of rotatable bonds is 7. The number of aromatic nitrogens is 1. The van der Waals surface area contributed by atoms with Gasteiger partial charge in [-0.3, -0.25) is 10.1 Å². The first-order valence-corrected chi connectivity index (χ1v) is 11.2. The summed E-state index contributed by atoms with van der Waals surface area (Å²) in [5, 5.41) is 13.3. The maximum Gasteiger partial charge on any atom is 0.270 e. The molecule has 5 nitrogen and oxygen atoms in total. The molecular formula is C24H29N3O2S. The number of nitro benzene ring substituents is 1. The summed E-state index contributed by atoms with van der Waals surface area (Å²) in [5.41, 5.74) is 5.20. The maximum atomic E-state index is 11.3. The number of hydrogen-bond donors (Lipinski definition) is 0. The second-order valence-corrected chi connectivity index (χ2v) is 9.14. The second-order valence-electron chi connectivity index (χ2n) is 8.30. The third kappa shape index (κ3) is 5.05. The fourth-order valence-electron chi connectivity index (χ4n) is 3.46. The number of nitrogens with zero attached hydrogens (tertiary/aromatic N) is 3. The van der Waals surface area contributed by atoms with Gasteiger partial charge in [0.15, 0.2) is 4.80 Å². The third-order valence-corrected chi connectivity index (χ3v) is 6.12. The lowest BCUT2D eigenvalue weighted by Crippen LogP contribution is -2.20. The zero-order chi connectivity index (χ0) is 21.8. The van der Waals surface area contributed by atoms with Crippen LogP contribution in [-0.4, -0.2) is 9.49 Å². The highest BCUT2D eigenvalue weighted by Crippen LogP contribution is 2.29. The average molecular weight is 424 g/mol. The molecule has 1 atom stereocenters. The van der Waals surface area contributed by atoms with Crippen LogP contribution in [0.1, 0.15) is 50.8 Å². The largest absolute Gasteiger partial charge is 0.314 e. The van der Waals surface area contributed by atoms with Crippen LogP contribution in [0.3, 0.4) is 0 Å². The summed E-state index contributed by atoms with van der Waals surface area (Å²) in [6, 6.07) is 13.4. The average Bonchev–Trinajstić information content (AvgIpc) is 3.12. The summed E-state index contributed by atoms with van der Waals surface area (Å²) in [4.78, 5) is 16.9. The molecule has 3 aromatic rings. The zero-order valence-corrected chi connectivity index (χ0v) is 19.1. The minimum Gasteiger partial charge on any atom is -0.314 e. The fourth-order valence-corrected chi connectivity index (χ4v) is 4.47. The normalized spacial score (nSPS) is 13.1. The van der Waals surface area contributed by atoms with Gasteiger partial charge in [-0.05, 0) is 56.7 Å². The summed E-state index contributed by atoms with van der Waals surface area (Å²) < 4.78 is 2.24. The molecule has 0 amide bonds. The van der Waals surface area contributed by atoms with E-state index >= 15 is 0 Å². The number of nitro groups is 1. The van der Waals surface area contributed by atoms with E-state index in [-0.39, 0.29) is 16.7 Å². The van der Waals surface area contributed by atoms with E-state index in [1.165, 1.54) is 11.6 Å². The molecule has 3 rings (SSSR count). The van der Waals surface area contributed by atoms with Gasteiger partial charge in [-0.25, -0.2) is 4.99 Å². The highest BCUT2D eigenvalue weighted by Gasteiger charge is 2.17. The molecular weight excluding hydrogens is 394 g/mol. The number of benzene rings is 2. The van der Waals surface area contributed by atoms with Crippen LogP contribution >= 0.6 is 11.3 Å². The summed E-state index contributed by atoms with van der Waals surface area (Å²) in [5.74, 6) is 0.618. The van der Waals surface area contributed by atoms with Crippen LogP contribution in [0.15, 0.2) is 52.8 Å². The molecule has 30 heavy (non-hydrogen) atoms. The van der Waals surface area contributed by atoms with E-state index in [4.69, 9.17) is 4.99 Å². The van der Waals surface area contributed by atoms with Crippen molar-refractivity contribution in [2.45, 2.75) is 53.5 Å². The van der Waals surface area contributed by atoms with E-state index in [1.54, 1.807) is 23.5 Å². The van der Waals surface area contributed by atoms with Gasteiger partial charge in [0.2, 0.25) is 0 Å². The van der Waals surface area contributed by atoms with Crippen molar-refractivity contribution in [3.05, 3.63) is 73.9 Å². The molecule has 2 aromatic carbocycles. The Morgan fingerprint density at radius 3 is 2.57 bits per heavy atom. The molecule has 1 unspecified atom stereocenters. The van der Waals surface area contributed by atoms with Crippen molar-refractivity contribution >= 4 is 22.7 Å². The SMILES string of the molecule is Cc1ccc(C)c(N=c2scc(-c3cccc([N+](=O)[O-])c3)n2C(C)CCC(C)C)c1. The van der Waals surface area contributed by atoms with Crippen LogP contribution in [-0.2, 0) is 0 Å². The molecule has 0 saturated carbocycles. The molecule has 6 heteroatoms. The maximum absolute atomic E-state index is 11.3. The molecule has 0 bridgehead atoms. The van der Waals surface area contributed by atoms with Gasteiger partial charge < -0.3 is 4.57 Å². The monoisotopic (exact) mass is 423 g/mol. The first-order valence-electron chi connectivity index (χ1n) is 10.3. The van der Waals surface area contributed by atoms with Crippen molar-refractivity contribution in [2.75, 3.05) is 0 Å². The summed E-state index contributed by atoms with van der Waals surface area (Å²) in [6.07, 6.45) is 2.14. The van der Waals surface area contributed by atoms with Crippen molar-refractivity contribution in [1.82, 2.24) is 4.57 Å². The Morgan fingerprint density at radius 1 is 1.10 bits per heavy atom. The van der Waals surface area contributed by atoms with E-state index in [9.17, 15) is 10.1 Å². The summed E-state index contributed by atoms with van der Waals surface area (Å²) in [6.45, 7) is 10.8. The van der Waals surface area contributed by atoms with Crippen LogP contribution in [0.25, 0.3) is 11.3 Å². The first kappa shape index (κ1) is 22.0. The molecule has 0 aliphatic carbocycles. The Bertz CT molecular complexity index is 1110. The van der Waals surface area contributed by atoms with Crippen molar-refractivity contribution in [3.63, 3.8) is 0 Å². The van der Waals surface area contributed by atoms with Gasteiger partial charge in [-0.2, -0.15) is 0 Å². The summed E-state index contributed by atoms with van der Waals surface area (Å²) >= 11 is 1.58. The van der Waals surface area contributed by atoms with E-state index in [1.807, 2.05) is 6.07 Å². The fraction of sp³-hybridized carbons (Fsp3) is 0.375. The Balaban J connectivity index is 2.16. The van der Waals surface area contributed by atoms with Crippen LogP contribution in [0, 0.1) is 29.9 Å². The molecule has 1 aromatic heterocycles. The number of non-ortho nitro benzene ring substituents is 1. The van der Waals surface area contributed by atoms with E-state index in [2.05, 4.69) is 62.8 Å². The Labute approximate surface area is 181 Å². The topological polar surface area (TPSA) is 60.4 Å². The van der Waals surface area contributed by atoms with E-state index in [0.717, 1.165) is 40.2 Å².